The summed E-state index contributed by atoms with van der Waals surface area (Å²) in [7, 11) is 0. The standard InChI is InChI=1S/C27H39N5O3/c1-20-5-6-22(29-26(33)28-8-7-27(2,3)4)19-23(20)21-17-24(31-9-13-34-14-10-31)30-25(18-21)32-11-15-35-16-12-32/h5-6,17-19H,7-16H2,1-4H3,(H2,28,29,33). The van der Waals surface area contributed by atoms with Gasteiger partial charge >= 0.3 is 6.03 Å². The average molecular weight is 482 g/mol. The first-order valence-corrected chi connectivity index (χ1v) is 12.6. The van der Waals surface area contributed by atoms with Crippen LogP contribution in [0.5, 0.6) is 0 Å². The molecule has 0 spiro atoms. The molecule has 2 N–H and O–H groups in total. The molecule has 1 aromatic carbocycles. The third-order valence-corrected chi connectivity index (χ3v) is 6.44. The number of pyridine rings is 1. The number of benzene rings is 1. The molecule has 0 unspecified atom stereocenters. The summed E-state index contributed by atoms with van der Waals surface area (Å²) in [5.41, 5.74) is 4.29. The van der Waals surface area contributed by atoms with Gasteiger partial charge in [-0.25, -0.2) is 9.78 Å². The molecule has 4 rings (SSSR count). The monoisotopic (exact) mass is 481 g/mol. The number of ether oxygens (including phenoxy) is 2. The van der Waals surface area contributed by atoms with Crippen LogP contribution in [0.25, 0.3) is 11.1 Å². The first-order chi connectivity index (χ1) is 16.8. The van der Waals surface area contributed by atoms with Crippen molar-refractivity contribution in [2.45, 2.75) is 34.1 Å². The van der Waals surface area contributed by atoms with Gasteiger partial charge in [-0.3, -0.25) is 0 Å². The molecule has 2 amide bonds. The van der Waals surface area contributed by atoms with Gasteiger partial charge in [-0.2, -0.15) is 0 Å². The van der Waals surface area contributed by atoms with E-state index in [1.165, 1.54) is 0 Å². The smallest absolute Gasteiger partial charge is 0.319 e. The molecule has 2 aliphatic rings. The molecule has 2 saturated heterocycles. The first-order valence-electron chi connectivity index (χ1n) is 12.6. The van der Waals surface area contributed by atoms with E-state index in [0.29, 0.717) is 33.0 Å². The highest BCUT2D eigenvalue weighted by molar-refractivity contribution is 5.90. The van der Waals surface area contributed by atoms with E-state index in [1.807, 2.05) is 6.07 Å². The number of nitrogens with one attached hydrogen (secondary N) is 2. The molecule has 0 aliphatic carbocycles. The lowest BCUT2D eigenvalue weighted by Crippen LogP contribution is -2.39. The Hall–Kier alpha value is -2.84. The van der Waals surface area contributed by atoms with Crippen molar-refractivity contribution in [3.05, 3.63) is 35.9 Å². The predicted molar refractivity (Wildman–Crippen MR) is 142 cm³/mol. The Morgan fingerprint density at radius 3 is 2.06 bits per heavy atom. The Labute approximate surface area is 209 Å². The maximum atomic E-state index is 12.5. The Balaban J connectivity index is 1.59. The zero-order chi connectivity index (χ0) is 24.8. The number of nitrogens with zero attached hydrogens (tertiary/aromatic N) is 3. The molecular formula is C27H39N5O3. The number of rotatable bonds is 6. The summed E-state index contributed by atoms with van der Waals surface area (Å²) in [5, 5.41) is 5.97. The van der Waals surface area contributed by atoms with Crippen LogP contribution in [0.3, 0.4) is 0 Å². The van der Waals surface area contributed by atoms with Gasteiger partial charge in [-0.1, -0.05) is 26.8 Å². The number of carbonyl (C=O) groups is 1. The minimum atomic E-state index is -0.179. The zero-order valence-corrected chi connectivity index (χ0v) is 21.5. The van der Waals surface area contributed by atoms with Gasteiger partial charge in [-0.15, -0.1) is 0 Å². The molecule has 3 heterocycles. The van der Waals surface area contributed by atoms with E-state index in [0.717, 1.165) is 66.6 Å². The van der Waals surface area contributed by atoms with Crippen LogP contribution in [0, 0.1) is 12.3 Å². The van der Waals surface area contributed by atoms with Crippen molar-refractivity contribution in [1.29, 1.82) is 0 Å². The molecular weight excluding hydrogens is 442 g/mol. The molecule has 190 valence electrons. The van der Waals surface area contributed by atoms with Gasteiger partial charge in [0.05, 0.1) is 26.4 Å². The molecule has 0 atom stereocenters. The van der Waals surface area contributed by atoms with E-state index in [2.05, 4.69) is 72.4 Å². The summed E-state index contributed by atoms with van der Waals surface area (Å²) >= 11 is 0. The lowest BCUT2D eigenvalue weighted by atomic mass is 9.92. The number of hydrogen-bond acceptors (Lipinski definition) is 6. The number of urea groups is 1. The Morgan fingerprint density at radius 1 is 0.943 bits per heavy atom. The lowest BCUT2D eigenvalue weighted by molar-refractivity contribution is 0.121. The van der Waals surface area contributed by atoms with Crippen molar-refractivity contribution >= 4 is 23.4 Å². The number of anilines is 3. The van der Waals surface area contributed by atoms with Crippen molar-refractivity contribution in [3.8, 4) is 11.1 Å². The van der Waals surface area contributed by atoms with E-state index in [9.17, 15) is 4.79 Å². The topological polar surface area (TPSA) is 79.0 Å². The minimum absolute atomic E-state index is 0.179. The van der Waals surface area contributed by atoms with Crippen LogP contribution in [0.15, 0.2) is 30.3 Å². The first kappa shape index (κ1) is 25.3. The van der Waals surface area contributed by atoms with Crippen LogP contribution in [-0.2, 0) is 9.47 Å². The SMILES string of the molecule is Cc1ccc(NC(=O)NCCC(C)(C)C)cc1-c1cc(N2CCOCC2)nc(N2CCOCC2)c1. The quantitative estimate of drug-likeness (QED) is 0.641. The van der Waals surface area contributed by atoms with Crippen molar-refractivity contribution in [2.24, 2.45) is 5.41 Å². The van der Waals surface area contributed by atoms with Crippen molar-refractivity contribution in [3.63, 3.8) is 0 Å². The van der Waals surface area contributed by atoms with E-state index >= 15 is 0 Å². The van der Waals surface area contributed by atoms with Gasteiger partial charge < -0.3 is 29.9 Å². The minimum Gasteiger partial charge on any atom is -0.378 e. The highest BCUT2D eigenvalue weighted by atomic mass is 16.5. The van der Waals surface area contributed by atoms with Crippen molar-refractivity contribution in [1.82, 2.24) is 10.3 Å². The largest absolute Gasteiger partial charge is 0.378 e. The second-order valence-electron chi connectivity index (χ2n) is 10.5. The maximum absolute atomic E-state index is 12.5. The van der Waals surface area contributed by atoms with Gasteiger partial charge in [0.25, 0.3) is 0 Å². The summed E-state index contributed by atoms with van der Waals surface area (Å²) in [5.74, 6) is 1.93. The van der Waals surface area contributed by atoms with E-state index < -0.39 is 0 Å². The summed E-state index contributed by atoms with van der Waals surface area (Å²) in [6, 6.07) is 10.2. The molecule has 8 nitrogen and oxygen atoms in total. The normalized spacial score (nSPS) is 16.8. The van der Waals surface area contributed by atoms with Crippen LogP contribution in [0.1, 0.15) is 32.8 Å². The second-order valence-corrected chi connectivity index (χ2v) is 10.5. The van der Waals surface area contributed by atoms with Gasteiger partial charge in [0.1, 0.15) is 11.6 Å². The van der Waals surface area contributed by atoms with E-state index in [4.69, 9.17) is 14.5 Å². The third-order valence-electron chi connectivity index (χ3n) is 6.44. The Kier molecular flexibility index (Phi) is 8.13. The molecule has 1 aromatic heterocycles. The van der Waals surface area contributed by atoms with Crippen LogP contribution in [-0.4, -0.2) is 70.2 Å². The summed E-state index contributed by atoms with van der Waals surface area (Å²) in [4.78, 5) is 22.1. The van der Waals surface area contributed by atoms with Gasteiger partial charge in [0, 0.05) is 38.4 Å². The van der Waals surface area contributed by atoms with E-state index in [1.54, 1.807) is 0 Å². The molecule has 0 bridgehead atoms. The van der Waals surface area contributed by atoms with Crippen LogP contribution in [0.4, 0.5) is 22.1 Å². The number of hydrogen-bond donors (Lipinski definition) is 2. The maximum Gasteiger partial charge on any atom is 0.319 e. The summed E-state index contributed by atoms with van der Waals surface area (Å²) < 4.78 is 11.1. The highest BCUT2D eigenvalue weighted by Crippen LogP contribution is 2.32. The van der Waals surface area contributed by atoms with Crippen molar-refractivity contribution in [2.75, 3.05) is 74.3 Å². The fourth-order valence-electron chi connectivity index (χ4n) is 4.30. The van der Waals surface area contributed by atoms with E-state index in [-0.39, 0.29) is 11.4 Å². The number of morpholine rings is 2. The fourth-order valence-corrected chi connectivity index (χ4v) is 4.30. The number of aromatic nitrogens is 1. The Bertz CT molecular complexity index is 972. The van der Waals surface area contributed by atoms with Crippen molar-refractivity contribution < 1.29 is 14.3 Å². The molecule has 2 aliphatic heterocycles. The Morgan fingerprint density at radius 2 is 1.51 bits per heavy atom. The summed E-state index contributed by atoms with van der Waals surface area (Å²) in [6.07, 6.45) is 0.922. The molecule has 0 radical (unpaired) electrons. The molecule has 2 fully saturated rings. The second kappa shape index (κ2) is 11.3. The van der Waals surface area contributed by atoms with Crippen LogP contribution in [0.2, 0.25) is 0 Å². The molecule has 2 aromatic rings. The van der Waals surface area contributed by atoms with Crippen LogP contribution >= 0.6 is 0 Å². The van der Waals surface area contributed by atoms with Crippen LogP contribution < -0.4 is 20.4 Å². The fraction of sp³-hybridized carbons (Fsp3) is 0.556. The third kappa shape index (κ3) is 7.08. The zero-order valence-electron chi connectivity index (χ0n) is 21.5. The predicted octanol–water partition coefficient (Wildman–Crippen LogP) is 4.29. The van der Waals surface area contributed by atoms with Gasteiger partial charge in [-0.05, 0) is 59.7 Å². The number of carbonyl (C=O) groups excluding carboxylic acids is 1. The molecule has 35 heavy (non-hydrogen) atoms. The average Bonchev–Trinajstić information content (AvgIpc) is 2.85. The summed E-state index contributed by atoms with van der Waals surface area (Å²) in [6.45, 7) is 15.4. The molecule has 8 heteroatoms. The van der Waals surface area contributed by atoms with Gasteiger partial charge in [0.15, 0.2) is 0 Å². The number of amides is 2. The lowest BCUT2D eigenvalue weighted by Gasteiger charge is -2.32. The number of aryl methyl sites for hydroxylation is 1. The van der Waals surface area contributed by atoms with Gasteiger partial charge in [0.2, 0.25) is 0 Å². The highest BCUT2D eigenvalue weighted by Gasteiger charge is 2.20. The molecule has 0 saturated carbocycles.